The number of alkyl halides is 3. The summed E-state index contributed by atoms with van der Waals surface area (Å²) in [6.45, 7) is -0.000140. The molecule has 1 saturated heterocycles. The summed E-state index contributed by atoms with van der Waals surface area (Å²) in [5, 5.41) is 11.2. The van der Waals surface area contributed by atoms with Crippen molar-refractivity contribution in [2.24, 2.45) is 0 Å². The third-order valence-corrected chi connectivity index (χ3v) is 8.64. The van der Waals surface area contributed by atoms with Crippen molar-refractivity contribution in [3.8, 4) is 17.2 Å². The highest BCUT2D eigenvalue weighted by atomic mass is 32.2. The molecule has 0 aromatic heterocycles. The van der Waals surface area contributed by atoms with Crippen LogP contribution in [0.15, 0.2) is 41.3 Å². The fourth-order valence-electron chi connectivity index (χ4n) is 5.11. The maximum Gasteiger partial charge on any atom is 0.416 e. The molecule has 3 aromatic rings. The Labute approximate surface area is 249 Å². The fraction of sp³-hybridized carbons (Fsp3) is 0.321. The number of hydrogen-bond donors (Lipinski definition) is 0. The van der Waals surface area contributed by atoms with Gasteiger partial charge in [0.05, 0.1) is 12.2 Å². The number of carbonyl (C=O) groups excluding carboxylic acids is 1. The number of piperidine rings is 1. The maximum absolute atomic E-state index is 14.0. The molecule has 0 bridgehead atoms. The lowest BCUT2D eigenvalue weighted by atomic mass is 9.87. The lowest BCUT2D eigenvalue weighted by Gasteiger charge is -2.35. The number of fused-ring (bicyclic) bond motifs is 1. The van der Waals surface area contributed by atoms with Crippen LogP contribution in [0.1, 0.15) is 48.0 Å². The largest absolute Gasteiger partial charge is 0.530 e. The molecule has 1 amide bonds. The number of rotatable bonds is 6. The number of carboxylic acid groups (broad SMARTS) is 1. The van der Waals surface area contributed by atoms with Gasteiger partial charge in [0.1, 0.15) is 28.6 Å². The second kappa shape index (κ2) is 11.9. The van der Waals surface area contributed by atoms with E-state index >= 15 is 0 Å². The van der Waals surface area contributed by atoms with Gasteiger partial charge in [0.2, 0.25) is 34.8 Å². The van der Waals surface area contributed by atoms with E-state index in [2.05, 4.69) is 4.18 Å². The maximum atomic E-state index is 14.0. The Morgan fingerprint density at radius 1 is 0.867 bits per heavy atom. The van der Waals surface area contributed by atoms with Crippen LogP contribution in [0.2, 0.25) is 0 Å². The van der Waals surface area contributed by atoms with Crippen molar-refractivity contribution >= 4 is 16.2 Å². The molecule has 5 rings (SSSR count). The van der Waals surface area contributed by atoms with Crippen molar-refractivity contribution in [3.05, 3.63) is 82.2 Å². The van der Waals surface area contributed by atoms with E-state index in [1.54, 1.807) is 0 Å². The van der Waals surface area contributed by atoms with E-state index in [0.717, 1.165) is 35.2 Å². The SMILES string of the molecule is O=C([O-])N1CCC(c2cc(C(F)(F)F)ccc2OC2CCOc3cc(S(=O)(=O)Oc4c(F)c(F)c(F)c(F)c4F)ccc32)CC1. The van der Waals surface area contributed by atoms with E-state index in [9.17, 15) is 53.4 Å². The molecule has 8 nitrogen and oxygen atoms in total. The molecule has 0 N–H and O–H groups in total. The minimum atomic E-state index is -5.18. The standard InChI is InChI=1S/C28H21F8NO7S/c29-21-22(30)24(32)26(25(33)23(21)31)44-45(40,41)15-2-3-16-19(7-10-42-20(16)12-15)43-18-4-1-14(28(34,35)36)11-17(18)13-5-8-37(9-6-13)27(38)39/h1-4,11-13,19H,5-10H2,(H,38,39)/p-1. The Balaban J connectivity index is 1.43. The molecule has 0 saturated carbocycles. The van der Waals surface area contributed by atoms with Gasteiger partial charge in [0.25, 0.3) is 0 Å². The highest BCUT2D eigenvalue weighted by Crippen LogP contribution is 2.43. The average molecular weight is 667 g/mol. The van der Waals surface area contributed by atoms with E-state index in [1.165, 1.54) is 6.07 Å². The summed E-state index contributed by atoms with van der Waals surface area (Å²) in [6.07, 6.45) is -6.41. The lowest BCUT2D eigenvalue weighted by Crippen LogP contribution is -2.45. The molecule has 0 radical (unpaired) electrons. The van der Waals surface area contributed by atoms with Gasteiger partial charge in [-0.2, -0.15) is 30.4 Å². The molecule has 1 fully saturated rings. The van der Waals surface area contributed by atoms with Gasteiger partial charge in [-0.05, 0) is 48.6 Å². The predicted molar refractivity (Wildman–Crippen MR) is 134 cm³/mol. The highest BCUT2D eigenvalue weighted by Gasteiger charge is 2.35. The number of ether oxygens (including phenoxy) is 2. The Bertz CT molecular complexity index is 1730. The molecule has 2 aliphatic heterocycles. The number of nitrogens with zero attached hydrogens (tertiary/aromatic N) is 1. The molecule has 1 unspecified atom stereocenters. The predicted octanol–water partition coefficient (Wildman–Crippen LogP) is 5.59. The van der Waals surface area contributed by atoms with Crippen molar-refractivity contribution < 1.29 is 67.1 Å². The third kappa shape index (κ3) is 6.30. The summed E-state index contributed by atoms with van der Waals surface area (Å²) in [6, 6.07) is 5.83. The molecular formula is C28H20F8NO7S-. The summed E-state index contributed by atoms with van der Waals surface area (Å²) in [7, 11) is -5.18. The molecule has 0 spiro atoms. The topological polar surface area (TPSA) is 105 Å². The lowest BCUT2D eigenvalue weighted by molar-refractivity contribution is -0.266. The Hall–Kier alpha value is -4.28. The van der Waals surface area contributed by atoms with E-state index in [1.807, 2.05) is 0 Å². The molecule has 3 aromatic carbocycles. The molecule has 242 valence electrons. The van der Waals surface area contributed by atoms with Crippen LogP contribution in [0.3, 0.4) is 0 Å². The first-order valence-electron chi connectivity index (χ1n) is 13.1. The van der Waals surface area contributed by atoms with Crippen LogP contribution >= 0.6 is 0 Å². The van der Waals surface area contributed by atoms with Gasteiger partial charge >= 0.3 is 16.3 Å². The van der Waals surface area contributed by atoms with Gasteiger partial charge in [-0.1, -0.05) is 6.07 Å². The van der Waals surface area contributed by atoms with Crippen molar-refractivity contribution in [2.75, 3.05) is 19.7 Å². The van der Waals surface area contributed by atoms with Crippen molar-refractivity contribution in [1.82, 2.24) is 4.90 Å². The monoisotopic (exact) mass is 666 g/mol. The first-order valence-corrected chi connectivity index (χ1v) is 14.6. The Morgan fingerprint density at radius 2 is 1.49 bits per heavy atom. The summed E-state index contributed by atoms with van der Waals surface area (Å²) in [5.41, 5.74) is -0.525. The number of hydrogen-bond acceptors (Lipinski definition) is 7. The molecular weight excluding hydrogens is 646 g/mol. The second-order valence-electron chi connectivity index (χ2n) is 10.2. The molecule has 17 heteroatoms. The Kier molecular flexibility index (Phi) is 8.50. The van der Waals surface area contributed by atoms with E-state index in [0.29, 0.717) is 0 Å². The van der Waals surface area contributed by atoms with E-state index in [4.69, 9.17) is 9.47 Å². The molecule has 0 aliphatic carbocycles. The quantitative estimate of drug-likeness (QED) is 0.146. The fourth-order valence-corrected chi connectivity index (χ4v) is 6.06. The Morgan fingerprint density at radius 3 is 2.09 bits per heavy atom. The number of amides is 1. The minimum absolute atomic E-state index is 0.0348. The van der Waals surface area contributed by atoms with Crippen molar-refractivity contribution in [3.63, 3.8) is 0 Å². The number of carbonyl (C=O) groups is 1. The minimum Gasteiger partial charge on any atom is -0.530 e. The van der Waals surface area contributed by atoms with Crippen LogP contribution < -0.4 is 18.8 Å². The van der Waals surface area contributed by atoms with Crippen LogP contribution in [0, 0.1) is 29.1 Å². The highest BCUT2D eigenvalue weighted by molar-refractivity contribution is 7.87. The van der Waals surface area contributed by atoms with Crippen LogP contribution in [0.5, 0.6) is 17.2 Å². The van der Waals surface area contributed by atoms with Gasteiger partial charge in [-0.15, -0.1) is 0 Å². The second-order valence-corrected chi connectivity index (χ2v) is 11.7. The number of likely N-dealkylation sites (tertiary alicyclic amines) is 1. The van der Waals surface area contributed by atoms with E-state index < -0.39 is 79.7 Å². The van der Waals surface area contributed by atoms with Gasteiger partial charge in [-0.25, -0.2) is 13.2 Å². The zero-order valence-corrected chi connectivity index (χ0v) is 23.4. The first-order chi connectivity index (χ1) is 21.1. The average Bonchev–Trinajstić information content (AvgIpc) is 3.00. The van der Waals surface area contributed by atoms with Crippen LogP contribution in [-0.2, 0) is 16.3 Å². The molecule has 2 heterocycles. The first kappa shape index (κ1) is 32.1. The molecule has 2 aliphatic rings. The van der Waals surface area contributed by atoms with Gasteiger partial charge < -0.3 is 28.5 Å². The summed E-state index contributed by atoms with van der Waals surface area (Å²) in [5.74, 6) is -14.9. The zero-order valence-electron chi connectivity index (χ0n) is 22.6. The third-order valence-electron chi connectivity index (χ3n) is 7.42. The number of halogens is 8. The summed E-state index contributed by atoms with van der Waals surface area (Å²) in [4.78, 5) is 11.4. The smallest absolute Gasteiger partial charge is 0.416 e. The normalized spacial score (nSPS) is 17.4. The molecule has 45 heavy (non-hydrogen) atoms. The molecule has 1 atom stereocenters. The van der Waals surface area contributed by atoms with Crippen LogP contribution in [-0.4, -0.2) is 39.1 Å². The van der Waals surface area contributed by atoms with Crippen LogP contribution in [0.25, 0.3) is 0 Å². The van der Waals surface area contributed by atoms with Crippen molar-refractivity contribution in [2.45, 2.75) is 42.4 Å². The van der Waals surface area contributed by atoms with Gasteiger partial charge in [0, 0.05) is 31.1 Å². The van der Waals surface area contributed by atoms with Gasteiger partial charge in [-0.3, -0.25) is 0 Å². The summed E-state index contributed by atoms with van der Waals surface area (Å²) >= 11 is 0. The van der Waals surface area contributed by atoms with Crippen LogP contribution in [0.4, 0.5) is 39.9 Å². The summed E-state index contributed by atoms with van der Waals surface area (Å²) < 4.78 is 151. The van der Waals surface area contributed by atoms with Crippen molar-refractivity contribution in [1.29, 1.82) is 0 Å². The van der Waals surface area contributed by atoms with Gasteiger partial charge in [0.15, 0.2) is 0 Å². The number of benzene rings is 3. The van der Waals surface area contributed by atoms with E-state index in [-0.39, 0.29) is 61.6 Å². The zero-order chi connectivity index (χ0) is 32.8.